The van der Waals surface area contributed by atoms with E-state index in [1.165, 1.54) is 17.2 Å². The van der Waals surface area contributed by atoms with Crippen molar-refractivity contribution >= 4 is 34.6 Å². The van der Waals surface area contributed by atoms with Gasteiger partial charge in [0.15, 0.2) is 0 Å². The fourth-order valence-corrected chi connectivity index (χ4v) is 4.17. The Kier molecular flexibility index (Phi) is 7.70. The summed E-state index contributed by atoms with van der Waals surface area (Å²) in [6.45, 7) is 7.77. The van der Waals surface area contributed by atoms with E-state index in [1.807, 2.05) is 45.9 Å². The van der Waals surface area contributed by atoms with Gasteiger partial charge in [0.1, 0.15) is 11.9 Å². The smallest absolute Gasteiger partial charge is 0.408 e. The number of fused-ring (bicyclic) bond motifs is 1. The molecule has 0 fully saturated rings. The second-order valence-corrected chi connectivity index (χ2v) is 9.44. The summed E-state index contributed by atoms with van der Waals surface area (Å²) in [6.07, 6.45) is 3.77. The molecule has 1 aromatic carbocycles. The number of nitrogens with zero attached hydrogens (tertiary/aromatic N) is 3. The van der Waals surface area contributed by atoms with E-state index in [-0.39, 0.29) is 12.2 Å². The van der Waals surface area contributed by atoms with Crippen molar-refractivity contribution in [1.82, 2.24) is 25.1 Å². The number of hydrogen-bond acceptors (Lipinski definition) is 5. The third kappa shape index (κ3) is 5.62. The third-order valence-corrected chi connectivity index (χ3v) is 5.95. The number of anilines is 1. The fourth-order valence-electron chi connectivity index (χ4n) is 4.17. The van der Waals surface area contributed by atoms with Crippen LogP contribution in [0.15, 0.2) is 36.8 Å². The van der Waals surface area contributed by atoms with Crippen LogP contribution in [0.25, 0.3) is 11.0 Å². The molecule has 0 radical (unpaired) electrons. The number of ketones is 1. The van der Waals surface area contributed by atoms with Crippen molar-refractivity contribution in [2.45, 2.75) is 65.5 Å². The molecule has 0 bridgehead atoms. The molecule has 3 rings (SSSR count). The zero-order chi connectivity index (χ0) is 24.9. The average Bonchev–Trinajstić information content (AvgIpc) is 3.46. The zero-order valence-corrected chi connectivity index (χ0v) is 20.0. The number of rotatable bonds is 10. The van der Waals surface area contributed by atoms with Crippen LogP contribution in [0.1, 0.15) is 52.5 Å². The van der Waals surface area contributed by atoms with Gasteiger partial charge in [-0.2, -0.15) is 5.10 Å². The van der Waals surface area contributed by atoms with Gasteiger partial charge < -0.3 is 15.4 Å². The molecule has 34 heavy (non-hydrogen) atoms. The van der Waals surface area contributed by atoms with Crippen molar-refractivity contribution in [3.8, 4) is 0 Å². The van der Waals surface area contributed by atoms with Crippen LogP contribution >= 0.6 is 0 Å². The number of amides is 2. The van der Waals surface area contributed by atoms with Crippen molar-refractivity contribution < 1.29 is 19.5 Å². The van der Waals surface area contributed by atoms with Gasteiger partial charge in [-0.15, -0.1) is 0 Å². The molecule has 1 unspecified atom stereocenters. The Labute approximate surface area is 198 Å². The summed E-state index contributed by atoms with van der Waals surface area (Å²) in [5, 5.41) is 19.1. The maximum Gasteiger partial charge on any atom is 0.408 e. The standard InChI is InChI=1S/C24H32N6O4/c1-5-6-10-17(21(31)22(32)28-19-11-12-27-29-19)30(23(33)34)18(24(2,3)4)13-15-8-7-9-16-20(15)26-14-25-16/h7-9,11-12,14,17-18H,5-6,10,13H2,1-4H3,(H,25,26)(H,33,34)(H2,27,28,29,32)/t17-,18?/m0/s1. The van der Waals surface area contributed by atoms with E-state index in [0.717, 1.165) is 23.0 Å². The van der Waals surface area contributed by atoms with E-state index in [4.69, 9.17) is 0 Å². The van der Waals surface area contributed by atoms with Crippen LogP contribution in [0, 0.1) is 5.41 Å². The van der Waals surface area contributed by atoms with Gasteiger partial charge >= 0.3 is 6.09 Å². The molecule has 0 aliphatic heterocycles. The van der Waals surface area contributed by atoms with Crippen LogP contribution in [0.4, 0.5) is 10.6 Å². The highest BCUT2D eigenvalue weighted by Gasteiger charge is 2.42. The largest absolute Gasteiger partial charge is 0.465 e. The first kappa shape index (κ1) is 24.9. The molecular formula is C24H32N6O4. The summed E-state index contributed by atoms with van der Waals surface area (Å²) in [4.78, 5) is 47.3. The van der Waals surface area contributed by atoms with Crippen LogP contribution < -0.4 is 5.32 Å². The summed E-state index contributed by atoms with van der Waals surface area (Å²) in [5.41, 5.74) is 1.98. The van der Waals surface area contributed by atoms with Crippen LogP contribution in [-0.4, -0.2) is 60.0 Å². The number of H-pyrrole nitrogens is 2. The number of imidazole rings is 1. The molecular weight excluding hydrogens is 436 g/mol. The minimum absolute atomic E-state index is 0.249. The Morgan fingerprint density at radius 1 is 1.21 bits per heavy atom. The zero-order valence-electron chi connectivity index (χ0n) is 20.0. The van der Waals surface area contributed by atoms with E-state index in [2.05, 4.69) is 25.5 Å². The lowest BCUT2D eigenvalue weighted by molar-refractivity contribution is -0.139. The van der Waals surface area contributed by atoms with Gasteiger partial charge in [0.05, 0.1) is 23.6 Å². The van der Waals surface area contributed by atoms with E-state index in [0.29, 0.717) is 12.8 Å². The average molecular weight is 469 g/mol. The number of Topliss-reactive ketones (excluding diaryl/α,β-unsaturated/α-hetero) is 1. The minimum atomic E-state index is -1.24. The molecule has 2 amide bonds. The maximum atomic E-state index is 13.3. The number of carboxylic acid groups (broad SMARTS) is 1. The summed E-state index contributed by atoms with van der Waals surface area (Å²) in [7, 11) is 0. The first-order valence-electron chi connectivity index (χ1n) is 11.4. The number of hydrogen-bond donors (Lipinski definition) is 4. The van der Waals surface area contributed by atoms with Crippen molar-refractivity contribution in [1.29, 1.82) is 0 Å². The van der Waals surface area contributed by atoms with Crippen molar-refractivity contribution in [3.05, 3.63) is 42.4 Å². The summed E-state index contributed by atoms with van der Waals surface area (Å²) in [6, 6.07) is 5.50. The SMILES string of the molecule is CCCC[C@@H](C(=O)C(=O)Nc1ccn[nH]1)N(C(=O)O)C(Cc1cccc2nc[nH]c12)C(C)(C)C. The van der Waals surface area contributed by atoms with Crippen molar-refractivity contribution in [2.75, 3.05) is 5.32 Å². The van der Waals surface area contributed by atoms with Crippen LogP contribution in [0.5, 0.6) is 0 Å². The van der Waals surface area contributed by atoms with Gasteiger partial charge in [-0.3, -0.25) is 19.6 Å². The Hall–Kier alpha value is -3.69. The van der Waals surface area contributed by atoms with Crippen molar-refractivity contribution in [2.24, 2.45) is 5.41 Å². The molecule has 0 aliphatic carbocycles. The minimum Gasteiger partial charge on any atom is -0.465 e. The van der Waals surface area contributed by atoms with Gasteiger partial charge in [0.25, 0.3) is 5.91 Å². The number of unbranched alkanes of at least 4 members (excludes halogenated alkanes) is 1. The predicted molar refractivity (Wildman–Crippen MR) is 128 cm³/mol. The molecule has 10 nitrogen and oxygen atoms in total. The van der Waals surface area contributed by atoms with Gasteiger partial charge in [0.2, 0.25) is 5.78 Å². The monoisotopic (exact) mass is 468 g/mol. The molecule has 0 spiro atoms. The van der Waals surface area contributed by atoms with Crippen LogP contribution in [0.3, 0.4) is 0 Å². The molecule has 4 N–H and O–H groups in total. The second kappa shape index (κ2) is 10.5. The number of carbonyl (C=O) groups excluding carboxylic acids is 2. The molecule has 10 heteroatoms. The first-order chi connectivity index (χ1) is 16.1. The number of aromatic amines is 2. The number of carbonyl (C=O) groups is 3. The highest BCUT2D eigenvalue weighted by atomic mass is 16.4. The number of nitrogens with one attached hydrogen (secondary N) is 3. The lowest BCUT2D eigenvalue weighted by Gasteiger charge is -2.42. The lowest BCUT2D eigenvalue weighted by atomic mass is 9.80. The number of para-hydroxylation sites is 1. The van der Waals surface area contributed by atoms with Crippen molar-refractivity contribution in [3.63, 3.8) is 0 Å². The predicted octanol–water partition coefficient (Wildman–Crippen LogP) is 3.99. The summed E-state index contributed by atoms with van der Waals surface area (Å²) >= 11 is 0. The molecule has 0 aliphatic rings. The summed E-state index contributed by atoms with van der Waals surface area (Å²) in [5.74, 6) is -1.40. The lowest BCUT2D eigenvalue weighted by Crippen LogP contribution is -2.57. The van der Waals surface area contributed by atoms with Gasteiger partial charge in [-0.25, -0.2) is 9.78 Å². The van der Waals surface area contributed by atoms with E-state index >= 15 is 0 Å². The first-order valence-corrected chi connectivity index (χ1v) is 11.4. The topological polar surface area (TPSA) is 144 Å². The summed E-state index contributed by atoms with van der Waals surface area (Å²) < 4.78 is 0. The molecule has 0 saturated carbocycles. The Bertz CT molecular complexity index is 1130. The highest BCUT2D eigenvalue weighted by molar-refractivity contribution is 6.42. The quantitative estimate of drug-likeness (QED) is 0.331. The molecule has 2 aromatic heterocycles. The second-order valence-electron chi connectivity index (χ2n) is 9.44. The Balaban J connectivity index is 1.99. The highest BCUT2D eigenvalue weighted by Crippen LogP contribution is 2.32. The Morgan fingerprint density at radius 2 is 1.97 bits per heavy atom. The maximum absolute atomic E-state index is 13.3. The van der Waals surface area contributed by atoms with Crippen LogP contribution in [-0.2, 0) is 16.0 Å². The normalized spacial score (nSPS) is 13.4. The van der Waals surface area contributed by atoms with Gasteiger partial charge in [-0.05, 0) is 29.9 Å². The molecule has 182 valence electrons. The van der Waals surface area contributed by atoms with Gasteiger partial charge in [-0.1, -0.05) is 52.7 Å². The molecule has 0 saturated heterocycles. The number of benzene rings is 1. The Morgan fingerprint density at radius 3 is 2.59 bits per heavy atom. The molecule has 2 atom stereocenters. The third-order valence-electron chi connectivity index (χ3n) is 5.95. The van der Waals surface area contributed by atoms with E-state index < -0.39 is 35.3 Å². The molecule has 2 heterocycles. The van der Waals surface area contributed by atoms with E-state index in [1.54, 1.807) is 6.33 Å². The molecule has 3 aromatic rings. The number of aromatic nitrogens is 4. The van der Waals surface area contributed by atoms with E-state index in [9.17, 15) is 19.5 Å². The van der Waals surface area contributed by atoms with Crippen LogP contribution in [0.2, 0.25) is 0 Å². The fraction of sp³-hybridized carbons (Fsp3) is 0.458. The van der Waals surface area contributed by atoms with Gasteiger partial charge in [0, 0.05) is 12.1 Å².